The van der Waals surface area contributed by atoms with Crippen LogP contribution in [0.5, 0.6) is 0 Å². The van der Waals surface area contributed by atoms with Gasteiger partial charge in [0.2, 0.25) is 0 Å². The van der Waals surface area contributed by atoms with Crippen LogP contribution < -0.4 is 5.32 Å². The molecule has 116 valence electrons. The quantitative estimate of drug-likeness (QED) is 0.845. The summed E-state index contributed by atoms with van der Waals surface area (Å²) in [5.41, 5.74) is 1.06. The molecule has 1 aliphatic rings. The minimum Gasteiger partial charge on any atom is -0.396 e. The lowest BCUT2D eigenvalue weighted by atomic mass is 9.96. The van der Waals surface area contributed by atoms with Gasteiger partial charge in [0.1, 0.15) is 0 Å². The van der Waals surface area contributed by atoms with Gasteiger partial charge in [-0.1, -0.05) is 19.3 Å². The fraction of sp³-hybridized carbons (Fsp3) is 0.625. The first-order valence-corrected chi connectivity index (χ1v) is 7.85. The molecule has 0 spiro atoms. The van der Waals surface area contributed by atoms with Crippen molar-refractivity contribution in [3.63, 3.8) is 0 Å². The standard InChI is InChI=1S/C16H25N3O2/c20-12-4-11-19(13-14-7-9-17-10-8-14)16(21)18-15-5-2-1-3-6-15/h7-10,15,20H,1-6,11-13H2,(H,18,21). The van der Waals surface area contributed by atoms with Crippen molar-refractivity contribution in [1.29, 1.82) is 0 Å². The molecule has 0 saturated heterocycles. The molecule has 5 nitrogen and oxygen atoms in total. The van der Waals surface area contributed by atoms with Gasteiger partial charge in [-0.25, -0.2) is 4.79 Å². The Bertz CT molecular complexity index is 419. The van der Waals surface area contributed by atoms with Crippen LogP contribution in [0, 0.1) is 0 Å². The van der Waals surface area contributed by atoms with E-state index in [0.717, 1.165) is 18.4 Å². The van der Waals surface area contributed by atoms with Crippen molar-refractivity contribution in [3.05, 3.63) is 30.1 Å². The van der Waals surface area contributed by atoms with Gasteiger partial charge in [-0.2, -0.15) is 0 Å². The van der Waals surface area contributed by atoms with Gasteiger partial charge in [0.15, 0.2) is 0 Å². The summed E-state index contributed by atoms with van der Waals surface area (Å²) in [4.78, 5) is 18.2. The summed E-state index contributed by atoms with van der Waals surface area (Å²) in [6.45, 7) is 1.22. The molecule has 1 aliphatic carbocycles. The minimum atomic E-state index is -0.0211. The van der Waals surface area contributed by atoms with Crippen LogP contribution in [0.25, 0.3) is 0 Å². The molecule has 1 aromatic heterocycles. The lowest BCUT2D eigenvalue weighted by Gasteiger charge is -2.28. The van der Waals surface area contributed by atoms with E-state index < -0.39 is 0 Å². The Morgan fingerprint density at radius 3 is 2.67 bits per heavy atom. The van der Waals surface area contributed by atoms with Crippen LogP contribution in [0.2, 0.25) is 0 Å². The number of nitrogens with zero attached hydrogens (tertiary/aromatic N) is 2. The molecule has 0 atom stereocenters. The summed E-state index contributed by atoms with van der Waals surface area (Å²) in [5.74, 6) is 0. The number of aromatic nitrogens is 1. The predicted octanol–water partition coefficient (Wildman–Crippen LogP) is 2.31. The average Bonchev–Trinajstić information content (AvgIpc) is 2.53. The van der Waals surface area contributed by atoms with Crippen molar-refractivity contribution < 1.29 is 9.90 Å². The molecular weight excluding hydrogens is 266 g/mol. The van der Waals surface area contributed by atoms with Crippen molar-refractivity contribution in [2.24, 2.45) is 0 Å². The highest BCUT2D eigenvalue weighted by atomic mass is 16.3. The SMILES string of the molecule is O=C(NC1CCCCC1)N(CCCO)Cc1ccncc1. The van der Waals surface area contributed by atoms with Crippen LogP contribution in [0.3, 0.4) is 0 Å². The molecule has 0 aliphatic heterocycles. The van der Waals surface area contributed by atoms with E-state index in [-0.39, 0.29) is 12.6 Å². The third kappa shape index (κ3) is 5.34. The minimum absolute atomic E-state index is 0.0211. The maximum Gasteiger partial charge on any atom is 0.317 e. The van der Waals surface area contributed by atoms with Crippen molar-refractivity contribution in [2.45, 2.75) is 51.1 Å². The monoisotopic (exact) mass is 291 g/mol. The van der Waals surface area contributed by atoms with E-state index in [4.69, 9.17) is 5.11 Å². The molecule has 2 N–H and O–H groups in total. The second-order valence-electron chi connectivity index (χ2n) is 5.64. The second-order valence-corrected chi connectivity index (χ2v) is 5.64. The number of carbonyl (C=O) groups is 1. The van der Waals surface area contributed by atoms with E-state index in [1.54, 1.807) is 17.3 Å². The smallest absolute Gasteiger partial charge is 0.317 e. The number of nitrogens with one attached hydrogen (secondary N) is 1. The number of hydrogen-bond donors (Lipinski definition) is 2. The van der Waals surface area contributed by atoms with Gasteiger partial charge >= 0.3 is 6.03 Å². The third-order valence-corrected chi connectivity index (χ3v) is 3.93. The summed E-state index contributed by atoms with van der Waals surface area (Å²) < 4.78 is 0. The van der Waals surface area contributed by atoms with Gasteiger partial charge in [0.05, 0.1) is 0 Å². The average molecular weight is 291 g/mol. The maximum atomic E-state index is 12.4. The van der Waals surface area contributed by atoms with Crippen LogP contribution in [0.4, 0.5) is 4.79 Å². The van der Waals surface area contributed by atoms with Gasteiger partial charge in [-0.05, 0) is 37.0 Å². The van der Waals surface area contributed by atoms with Crippen molar-refractivity contribution >= 4 is 6.03 Å². The number of aliphatic hydroxyl groups is 1. The summed E-state index contributed by atoms with van der Waals surface area (Å²) in [7, 11) is 0. The molecule has 1 heterocycles. The molecule has 0 unspecified atom stereocenters. The summed E-state index contributed by atoms with van der Waals surface area (Å²) in [5, 5.41) is 12.2. The maximum absolute atomic E-state index is 12.4. The molecule has 2 amide bonds. The Morgan fingerprint density at radius 2 is 2.00 bits per heavy atom. The van der Waals surface area contributed by atoms with Crippen LogP contribution in [0.1, 0.15) is 44.1 Å². The van der Waals surface area contributed by atoms with Crippen LogP contribution >= 0.6 is 0 Å². The Morgan fingerprint density at radius 1 is 1.29 bits per heavy atom. The van der Waals surface area contributed by atoms with Crippen LogP contribution in [-0.4, -0.2) is 40.2 Å². The molecule has 0 aromatic carbocycles. The Hall–Kier alpha value is -1.62. The lowest BCUT2D eigenvalue weighted by Crippen LogP contribution is -2.45. The van der Waals surface area contributed by atoms with Gasteiger partial charge in [0.25, 0.3) is 0 Å². The summed E-state index contributed by atoms with van der Waals surface area (Å²) in [6, 6.07) is 4.12. The fourth-order valence-corrected chi connectivity index (χ4v) is 2.74. The number of hydrogen-bond acceptors (Lipinski definition) is 3. The van der Waals surface area contributed by atoms with Crippen molar-refractivity contribution in [2.75, 3.05) is 13.2 Å². The Balaban J connectivity index is 1.92. The number of aliphatic hydroxyl groups excluding tert-OH is 1. The van der Waals surface area contributed by atoms with E-state index in [1.807, 2.05) is 12.1 Å². The van der Waals surface area contributed by atoms with E-state index in [2.05, 4.69) is 10.3 Å². The number of amides is 2. The number of rotatable bonds is 6. The zero-order valence-corrected chi connectivity index (χ0v) is 12.5. The van der Waals surface area contributed by atoms with Crippen LogP contribution in [-0.2, 0) is 6.54 Å². The molecule has 1 saturated carbocycles. The van der Waals surface area contributed by atoms with Gasteiger partial charge < -0.3 is 15.3 Å². The highest BCUT2D eigenvalue weighted by molar-refractivity contribution is 5.74. The van der Waals surface area contributed by atoms with Gasteiger partial charge in [-0.3, -0.25) is 4.98 Å². The lowest BCUT2D eigenvalue weighted by molar-refractivity contribution is 0.179. The molecule has 0 radical (unpaired) electrons. The third-order valence-electron chi connectivity index (χ3n) is 3.93. The van der Waals surface area contributed by atoms with Gasteiger partial charge in [0, 0.05) is 38.1 Å². The summed E-state index contributed by atoms with van der Waals surface area (Å²) >= 11 is 0. The highest BCUT2D eigenvalue weighted by Gasteiger charge is 2.19. The van der Waals surface area contributed by atoms with Gasteiger partial charge in [-0.15, -0.1) is 0 Å². The number of urea groups is 1. The zero-order chi connectivity index (χ0) is 14.9. The predicted molar refractivity (Wildman–Crippen MR) is 81.8 cm³/mol. The summed E-state index contributed by atoms with van der Waals surface area (Å²) in [6.07, 6.45) is 9.90. The highest BCUT2D eigenvalue weighted by Crippen LogP contribution is 2.18. The number of carbonyl (C=O) groups excluding carboxylic acids is 1. The van der Waals surface area contributed by atoms with Crippen molar-refractivity contribution in [3.8, 4) is 0 Å². The topological polar surface area (TPSA) is 65.5 Å². The fourth-order valence-electron chi connectivity index (χ4n) is 2.74. The van der Waals surface area contributed by atoms with Crippen LogP contribution in [0.15, 0.2) is 24.5 Å². The normalized spacial score (nSPS) is 15.7. The zero-order valence-electron chi connectivity index (χ0n) is 12.5. The Labute approximate surface area is 126 Å². The number of pyridine rings is 1. The largest absolute Gasteiger partial charge is 0.396 e. The first-order valence-electron chi connectivity index (χ1n) is 7.85. The molecule has 1 aromatic rings. The molecule has 21 heavy (non-hydrogen) atoms. The van der Waals surface area contributed by atoms with E-state index >= 15 is 0 Å². The Kier molecular flexibility index (Phi) is 6.47. The van der Waals surface area contributed by atoms with E-state index in [0.29, 0.717) is 25.6 Å². The molecule has 2 rings (SSSR count). The van der Waals surface area contributed by atoms with Crippen molar-refractivity contribution in [1.82, 2.24) is 15.2 Å². The molecular formula is C16H25N3O2. The molecule has 1 fully saturated rings. The molecule has 0 bridgehead atoms. The van der Waals surface area contributed by atoms with E-state index in [9.17, 15) is 4.79 Å². The first-order chi connectivity index (χ1) is 10.3. The second kappa shape index (κ2) is 8.62. The van der Waals surface area contributed by atoms with E-state index in [1.165, 1.54) is 19.3 Å². The first kappa shape index (κ1) is 15.8. The molecule has 5 heteroatoms.